The molecule has 0 bridgehead atoms. The van der Waals surface area contributed by atoms with Crippen LogP contribution in [0.15, 0.2) is 5.38 Å². The van der Waals surface area contributed by atoms with Gasteiger partial charge in [-0.3, -0.25) is 0 Å². The van der Waals surface area contributed by atoms with Gasteiger partial charge in [0.15, 0.2) is 0 Å². The predicted octanol–water partition coefficient (Wildman–Crippen LogP) is 1.82. The number of rotatable bonds is 2. The molecule has 1 atom stereocenters. The van der Waals surface area contributed by atoms with Crippen molar-refractivity contribution in [1.82, 2.24) is 4.98 Å². The molecule has 0 spiro atoms. The van der Waals surface area contributed by atoms with Crippen LogP contribution in [0.1, 0.15) is 23.0 Å². The van der Waals surface area contributed by atoms with Gasteiger partial charge in [-0.1, -0.05) is 0 Å². The van der Waals surface area contributed by atoms with E-state index in [9.17, 15) is 0 Å². The number of aromatic nitrogens is 1. The quantitative estimate of drug-likeness (QED) is 0.791. The Labute approximate surface area is 80.6 Å². The molecule has 0 radical (unpaired) electrons. The molecule has 0 aliphatic carbocycles. The van der Waals surface area contributed by atoms with Gasteiger partial charge in [-0.25, -0.2) is 4.98 Å². The van der Waals surface area contributed by atoms with Crippen molar-refractivity contribution in [3.63, 3.8) is 0 Å². The first kappa shape index (κ1) is 8.53. The summed E-state index contributed by atoms with van der Waals surface area (Å²) in [5, 5.41) is 3.24. The highest BCUT2D eigenvalue weighted by atomic mass is 32.2. The molecule has 2 heterocycles. The van der Waals surface area contributed by atoms with Crippen molar-refractivity contribution in [2.75, 3.05) is 11.5 Å². The fourth-order valence-corrected chi connectivity index (χ4v) is 3.37. The molecule has 66 valence electrons. The van der Waals surface area contributed by atoms with E-state index in [4.69, 9.17) is 5.73 Å². The van der Waals surface area contributed by atoms with Crippen molar-refractivity contribution >= 4 is 23.1 Å². The summed E-state index contributed by atoms with van der Waals surface area (Å²) in [5.41, 5.74) is 6.77. The van der Waals surface area contributed by atoms with Gasteiger partial charge < -0.3 is 5.73 Å². The fraction of sp³-hybridized carbons (Fsp3) is 0.625. The molecule has 0 amide bonds. The van der Waals surface area contributed by atoms with Crippen LogP contribution in [0, 0.1) is 0 Å². The van der Waals surface area contributed by atoms with E-state index in [0.717, 1.165) is 5.01 Å². The molecule has 1 aromatic heterocycles. The van der Waals surface area contributed by atoms with Crippen LogP contribution in [0.5, 0.6) is 0 Å². The standard InChI is InChI=1S/C8H12N2S2/c9-3-8-10-7(5-12-8)6-1-2-11-4-6/h5-6H,1-4,9H2. The summed E-state index contributed by atoms with van der Waals surface area (Å²) < 4.78 is 0. The average Bonchev–Trinajstić information content (AvgIpc) is 2.75. The third kappa shape index (κ3) is 1.65. The van der Waals surface area contributed by atoms with Crippen molar-refractivity contribution in [3.05, 3.63) is 16.1 Å². The van der Waals surface area contributed by atoms with E-state index in [1.165, 1.54) is 23.6 Å². The molecule has 2 nitrogen and oxygen atoms in total. The summed E-state index contributed by atoms with van der Waals surface area (Å²) in [7, 11) is 0. The maximum Gasteiger partial charge on any atom is 0.106 e. The number of nitrogens with zero attached hydrogens (tertiary/aromatic N) is 1. The van der Waals surface area contributed by atoms with Crippen LogP contribution >= 0.6 is 23.1 Å². The zero-order chi connectivity index (χ0) is 8.39. The van der Waals surface area contributed by atoms with Crippen LogP contribution in [0.2, 0.25) is 0 Å². The van der Waals surface area contributed by atoms with Crippen molar-refractivity contribution in [1.29, 1.82) is 0 Å². The fourth-order valence-electron chi connectivity index (χ4n) is 1.37. The molecule has 1 aliphatic heterocycles. The molecule has 2 rings (SSSR count). The van der Waals surface area contributed by atoms with Crippen LogP contribution in [0.25, 0.3) is 0 Å². The minimum Gasteiger partial charge on any atom is -0.325 e. The summed E-state index contributed by atoms with van der Waals surface area (Å²) in [6.07, 6.45) is 1.29. The minimum absolute atomic E-state index is 0.588. The van der Waals surface area contributed by atoms with Gasteiger partial charge in [0.25, 0.3) is 0 Å². The van der Waals surface area contributed by atoms with Gasteiger partial charge in [0, 0.05) is 23.6 Å². The molecule has 0 aromatic carbocycles. The van der Waals surface area contributed by atoms with Crippen molar-refractivity contribution in [3.8, 4) is 0 Å². The van der Waals surface area contributed by atoms with Gasteiger partial charge in [-0.15, -0.1) is 11.3 Å². The molecule has 0 saturated carbocycles. The normalized spacial score (nSPS) is 23.2. The summed E-state index contributed by atoms with van der Waals surface area (Å²) in [6, 6.07) is 0. The number of thiazole rings is 1. The summed E-state index contributed by atoms with van der Waals surface area (Å²) >= 11 is 3.72. The first-order chi connectivity index (χ1) is 5.90. The molecule has 1 unspecified atom stereocenters. The molecule has 1 fully saturated rings. The van der Waals surface area contributed by atoms with Crippen LogP contribution < -0.4 is 5.73 Å². The van der Waals surface area contributed by atoms with Crippen LogP contribution in [0.4, 0.5) is 0 Å². The van der Waals surface area contributed by atoms with Gasteiger partial charge in [0.2, 0.25) is 0 Å². The lowest BCUT2D eigenvalue weighted by Crippen LogP contribution is -1.99. The lowest BCUT2D eigenvalue weighted by Gasteiger charge is -2.01. The van der Waals surface area contributed by atoms with Gasteiger partial charge in [0.1, 0.15) is 5.01 Å². The Morgan fingerprint density at radius 3 is 3.17 bits per heavy atom. The zero-order valence-corrected chi connectivity index (χ0v) is 8.46. The second kappa shape index (κ2) is 3.77. The number of hydrogen-bond donors (Lipinski definition) is 1. The minimum atomic E-state index is 0.588. The smallest absolute Gasteiger partial charge is 0.106 e. The third-order valence-electron chi connectivity index (χ3n) is 2.09. The van der Waals surface area contributed by atoms with Gasteiger partial charge in [-0.2, -0.15) is 11.8 Å². The van der Waals surface area contributed by atoms with Crippen LogP contribution in [0.3, 0.4) is 0 Å². The Hall–Kier alpha value is -0.0600. The first-order valence-corrected chi connectivity index (χ1v) is 6.15. The maximum absolute atomic E-state index is 5.50. The summed E-state index contributed by atoms with van der Waals surface area (Å²) in [6.45, 7) is 0.588. The molecule has 2 N–H and O–H groups in total. The highest BCUT2D eigenvalue weighted by Gasteiger charge is 2.19. The third-order valence-corrected chi connectivity index (χ3v) is 4.14. The Morgan fingerprint density at radius 2 is 2.58 bits per heavy atom. The Balaban J connectivity index is 2.11. The molecule has 4 heteroatoms. The maximum atomic E-state index is 5.50. The highest BCUT2D eigenvalue weighted by molar-refractivity contribution is 7.99. The van der Waals surface area contributed by atoms with E-state index < -0.39 is 0 Å². The molecule has 1 saturated heterocycles. The number of hydrogen-bond acceptors (Lipinski definition) is 4. The molecular formula is C8H12N2S2. The second-order valence-corrected chi connectivity index (χ2v) is 5.02. The van der Waals surface area contributed by atoms with Crippen LogP contribution in [-0.4, -0.2) is 16.5 Å². The van der Waals surface area contributed by atoms with Gasteiger partial charge >= 0.3 is 0 Å². The Kier molecular flexibility index (Phi) is 2.68. The monoisotopic (exact) mass is 200 g/mol. The first-order valence-electron chi connectivity index (χ1n) is 4.12. The Bertz CT molecular complexity index is 253. The van der Waals surface area contributed by atoms with Crippen LogP contribution in [-0.2, 0) is 6.54 Å². The summed E-state index contributed by atoms with van der Waals surface area (Å²) in [5.74, 6) is 3.24. The second-order valence-electron chi connectivity index (χ2n) is 2.93. The van der Waals surface area contributed by atoms with E-state index in [1.807, 2.05) is 11.8 Å². The van der Waals surface area contributed by atoms with Gasteiger partial charge in [0.05, 0.1) is 5.69 Å². The summed E-state index contributed by atoms with van der Waals surface area (Å²) in [4.78, 5) is 4.49. The lowest BCUT2D eigenvalue weighted by molar-refractivity contribution is 0.753. The van der Waals surface area contributed by atoms with Crippen molar-refractivity contribution in [2.24, 2.45) is 5.73 Å². The van der Waals surface area contributed by atoms with E-state index >= 15 is 0 Å². The highest BCUT2D eigenvalue weighted by Crippen LogP contribution is 2.32. The lowest BCUT2D eigenvalue weighted by atomic mass is 10.1. The van der Waals surface area contributed by atoms with E-state index in [0.29, 0.717) is 12.5 Å². The predicted molar refractivity (Wildman–Crippen MR) is 54.7 cm³/mol. The van der Waals surface area contributed by atoms with Crippen molar-refractivity contribution < 1.29 is 0 Å². The SMILES string of the molecule is NCc1nc(C2CCSC2)cs1. The van der Waals surface area contributed by atoms with Gasteiger partial charge in [-0.05, 0) is 12.2 Å². The topological polar surface area (TPSA) is 38.9 Å². The molecule has 12 heavy (non-hydrogen) atoms. The van der Waals surface area contributed by atoms with E-state index in [-0.39, 0.29) is 0 Å². The Morgan fingerprint density at radius 1 is 1.67 bits per heavy atom. The van der Waals surface area contributed by atoms with E-state index in [1.54, 1.807) is 11.3 Å². The largest absolute Gasteiger partial charge is 0.325 e. The molecule has 1 aliphatic rings. The average molecular weight is 200 g/mol. The van der Waals surface area contributed by atoms with Crippen molar-refractivity contribution in [2.45, 2.75) is 18.9 Å². The van der Waals surface area contributed by atoms with E-state index in [2.05, 4.69) is 10.4 Å². The number of nitrogens with two attached hydrogens (primary N) is 1. The zero-order valence-electron chi connectivity index (χ0n) is 6.82. The molecule has 1 aromatic rings. The molecular weight excluding hydrogens is 188 g/mol. The number of thioether (sulfide) groups is 1.